The van der Waals surface area contributed by atoms with Crippen LogP contribution in [0.4, 0.5) is 0 Å². The van der Waals surface area contributed by atoms with Crippen molar-refractivity contribution in [1.82, 2.24) is 4.90 Å². The van der Waals surface area contributed by atoms with E-state index in [0.29, 0.717) is 24.4 Å². The molecule has 1 aliphatic heterocycles. The molecule has 7 heteroatoms. The molecule has 0 saturated carbocycles. The van der Waals surface area contributed by atoms with Crippen molar-refractivity contribution in [2.75, 3.05) is 13.1 Å². The third-order valence-corrected chi connectivity index (χ3v) is 6.76. The van der Waals surface area contributed by atoms with Crippen LogP contribution in [-0.2, 0) is 32.1 Å². The lowest BCUT2D eigenvalue weighted by molar-refractivity contribution is -0.149. The molecule has 1 aliphatic rings. The summed E-state index contributed by atoms with van der Waals surface area (Å²) in [5.41, 5.74) is 2.67. The maximum Gasteiger partial charge on any atom is 0.328 e. The largest absolute Gasteiger partial charge is 0.459 e. The summed E-state index contributed by atoms with van der Waals surface area (Å²) < 4.78 is 11.9. The monoisotopic (exact) mass is 520 g/mol. The topological polar surface area (TPSA) is 68.2 Å². The number of aliphatic imine (C=N–C) groups is 1. The molecule has 2 aromatic carbocycles. The molecule has 2 aromatic rings. The number of esters is 1. The Morgan fingerprint density at radius 2 is 1.73 bits per heavy atom. The molecule has 3 atom stereocenters. The third kappa shape index (κ3) is 8.74. The van der Waals surface area contributed by atoms with E-state index in [1.165, 1.54) is 0 Å². The molecule has 0 saturated heterocycles. The molecule has 0 fully saturated rings. The van der Waals surface area contributed by atoms with Gasteiger partial charge in [-0.2, -0.15) is 0 Å². The Balaban J connectivity index is 1.85. The first-order valence-electron chi connectivity index (χ1n) is 12.6. The van der Waals surface area contributed by atoms with Crippen LogP contribution in [0.1, 0.15) is 45.2 Å². The van der Waals surface area contributed by atoms with Crippen LogP contribution in [0.25, 0.3) is 0 Å². The van der Waals surface area contributed by atoms with Gasteiger partial charge in [0.25, 0.3) is 0 Å². The van der Waals surface area contributed by atoms with Crippen molar-refractivity contribution < 1.29 is 19.1 Å². The fourth-order valence-corrected chi connectivity index (χ4v) is 4.81. The van der Waals surface area contributed by atoms with Gasteiger partial charge in [0, 0.05) is 12.5 Å². The lowest BCUT2D eigenvalue weighted by Gasteiger charge is -2.31. The lowest BCUT2D eigenvalue weighted by atomic mass is 9.94. The first kappa shape index (κ1) is 28.5. The van der Waals surface area contributed by atoms with Crippen molar-refractivity contribution in [2.24, 2.45) is 10.9 Å². The molecule has 0 spiro atoms. The highest BCUT2D eigenvalue weighted by molar-refractivity contribution is 7.80. The van der Waals surface area contributed by atoms with Crippen LogP contribution < -0.4 is 0 Å². The molecule has 0 radical (unpaired) electrons. The van der Waals surface area contributed by atoms with Crippen molar-refractivity contribution in [3.8, 4) is 0 Å². The van der Waals surface area contributed by atoms with Gasteiger partial charge in [0.1, 0.15) is 12.6 Å². The van der Waals surface area contributed by atoms with Gasteiger partial charge in [-0.15, -0.1) is 0 Å². The highest BCUT2D eigenvalue weighted by atomic mass is 32.1. The van der Waals surface area contributed by atoms with Crippen LogP contribution in [0.15, 0.2) is 77.3 Å². The average Bonchev–Trinajstić information content (AvgIpc) is 3.04. The molecule has 37 heavy (non-hydrogen) atoms. The predicted octanol–water partition coefficient (Wildman–Crippen LogP) is 5.46. The number of carbonyl (C=O) groups excluding carboxylic acids is 2. The number of hydrogen-bond acceptors (Lipinski definition) is 6. The molecule has 3 rings (SSSR count). The van der Waals surface area contributed by atoms with E-state index in [4.69, 9.17) is 21.7 Å². The number of nitrogens with zero attached hydrogens (tertiary/aromatic N) is 2. The second-order valence-electron chi connectivity index (χ2n) is 10.2. The normalized spacial score (nSPS) is 17.7. The van der Waals surface area contributed by atoms with Crippen LogP contribution in [0.3, 0.4) is 0 Å². The SMILES string of the molecule is CC(C(=O)OCc1ccccc1)N1CCC(C(CN=C=O)OC(C)(C)C)=CC(Cc2ccccc2)C1=S. The number of rotatable bonds is 10. The number of carbonyl (C=O) groups is 1. The Hall–Kier alpha value is -3.12. The van der Waals surface area contributed by atoms with Crippen molar-refractivity contribution in [2.45, 2.75) is 64.9 Å². The van der Waals surface area contributed by atoms with Gasteiger partial charge >= 0.3 is 5.97 Å². The van der Waals surface area contributed by atoms with E-state index in [0.717, 1.165) is 16.7 Å². The Labute approximate surface area is 225 Å². The van der Waals surface area contributed by atoms with E-state index in [1.807, 2.05) is 81.1 Å². The Morgan fingerprint density at radius 3 is 2.32 bits per heavy atom. The molecule has 196 valence electrons. The first-order chi connectivity index (χ1) is 17.7. The summed E-state index contributed by atoms with van der Waals surface area (Å²) in [4.78, 5) is 30.5. The third-order valence-electron chi connectivity index (χ3n) is 6.22. The van der Waals surface area contributed by atoms with E-state index < -0.39 is 11.6 Å². The van der Waals surface area contributed by atoms with E-state index >= 15 is 0 Å². The van der Waals surface area contributed by atoms with Crippen molar-refractivity contribution >= 4 is 29.3 Å². The number of benzene rings is 2. The molecule has 0 aliphatic carbocycles. The fraction of sp³-hybridized carbons (Fsp3) is 0.433. The van der Waals surface area contributed by atoms with Crippen LogP contribution in [-0.4, -0.2) is 52.8 Å². The zero-order valence-corrected chi connectivity index (χ0v) is 22.9. The van der Waals surface area contributed by atoms with Gasteiger partial charge in [-0.3, -0.25) is 0 Å². The van der Waals surface area contributed by atoms with Crippen LogP contribution in [0.5, 0.6) is 0 Å². The minimum atomic E-state index is -0.544. The highest BCUT2D eigenvalue weighted by Crippen LogP contribution is 2.28. The molecule has 1 heterocycles. The molecule has 0 aromatic heterocycles. The zero-order chi connectivity index (χ0) is 26.8. The maximum atomic E-state index is 13.1. The fourth-order valence-electron chi connectivity index (χ4n) is 4.41. The minimum absolute atomic E-state index is 0.134. The highest BCUT2D eigenvalue weighted by Gasteiger charge is 2.33. The Bertz CT molecular complexity index is 1120. The van der Waals surface area contributed by atoms with Crippen molar-refractivity contribution in [3.05, 3.63) is 83.4 Å². The standard InChI is InChI=1S/C30H36N2O4S/c1-22(29(34)35-20-24-13-9-6-10-14-24)32-16-15-25(27(19-31-21-33)36-30(2,3)4)18-26(28(32)37)17-23-11-7-5-8-12-23/h5-14,18,22,26-27H,15-17,19-20H2,1-4H3. The summed E-state index contributed by atoms with van der Waals surface area (Å²) in [5, 5.41) is 0. The summed E-state index contributed by atoms with van der Waals surface area (Å²) >= 11 is 5.99. The minimum Gasteiger partial charge on any atom is -0.459 e. The second kappa shape index (κ2) is 13.4. The smallest absolute Gasteiger partial charge is 0.328 e. The van der Waals surface area contributed by atoms with Gasteiger partial charge in [0.05, 0.1) is 23.2 Å². The van der Waals surface area contributed by atoms with Crippen molar-refractivity contribution in [1.29, 1.82) is 0 Å². The van der Waals surface area contributed by atoms with Gasteiger partial charge in [0.15, 0.2) is 0 Å². The maximum absolute atomic E-state index is 13.1. The van der Waals surface area contributed by atoms with E-state index in [1.54, 1.807) is 6.08 Å². The summed E-state index contributed by atoms with van der Waals surface area (Å²) in [6, 6.07) is 19.2. The van der Waals surface area contributed by atoms with Gasteiger partial charge in [-0.05, 0) is 57.2 Å². The van der Waals surface area contributed by atoms with Gasteiger partial charge in [-0.1, -0.05) is 79.0 Å². The molecule has 0 bridgehead atoms. The van der Waals surface area contributed by atoms with E-state index in [-0.39, 0.29) is 31.1 Å². The van der Waals surface area contributed by atoms with Crippen LogP contribution >= 0.6 is 12.2 Å². The zero-order valence-electron chi connectivity index (χ0n) is 22.1. The second-order valence-corrected chi connectivity index (χ2v) is 10.7. The van der Waals surface area contributed by atoms with Crippen LogP contribution in [0.2, 0.25) is 0 Å². The predicted molar refractivity (Wildman–Crippen MR) is 149 cm³/mol. The molecule has 0 amide bonds. The Morgan fingerprint density at radius 1 is 1.11 bits per heavy atom. The summed E-state index contributed by atoms with van der Waals surface area (Å²) in [5.74, 6) is -0.452. The molecule has 6 nitrogen and oxygen atoms in total. The van der Waals surface area contributed by atoms with Gasteiger partial charge in [-0.25, -0.2) is 14.6 Å². The number of hydrogen-bond donors (Lipinski definition) is 0. The first-order valence-corrected chi connectivity index (χ1v) is 13.1. The Kier molecular flexibility index (Phi) is 10.3. The summed E-state index contributed by atoms with van der Waals surface area (Å²) in [6.07, 6.45) is 4.71. The molecule has 0 N–H and O–H groups in total. The molecule has 3 unspecified atom stereocenters. The van der Waals surface area contributed by atoms with Gasteiger partial charge < -0.3 is 14.4 Å². The van der Waals surface area contributed by atoms with Crippen LogP contribution in [0, 0.1) is 5.92 Å². The number of isocyanates is 1. The van der Waals surface area contributed by atoms with E-state index in [2.05, 4.69) is 23.2 Å². The molecular formula is C30H36N2O4S. The average molecular weight is 521 g/mol. The quantitative estimate of drug-likeness (QED) is 0.136. The lowest BCUT2D eigenvalue weighted by Crippen LogP contribution is -2.45. The van der Waals surface area contributed by atoms with Gasteiger partial charge in [0.2, 0.25) is 6.08 Å². The summed E-state index contributed by atoms with van der Waals surface area (Å²) in [6.45, 7) is 8.70. The summed E-state index contributed by atoms with van der Waals surface area (Å²) in [7, 11) is 0. The number of ether oxygens (including phenoxy) is 2. The van der Waals surface area contributed by atoms with E-state index in [9.17, 15) is 9.59 Å². The van der Waals surface area contributed by atoms with Crippen molar-refractivity contribution in [3.63, 3.8) is 0 Å². The molecular weight excluding hydrogens is 484 g/mol. The number of thiocarbonyl (C=S) groups is 1.